The molecule has 0 bridgehead atoms. The van der Waals surface area contributed by atoms with Gasteiger partial charge in [0.1, 0.15) is 12.6 Å². The van der Waals surface area contributed by atoms with Crippen molar-refractivity contribution in [3.8, 4) is 0 Å². The molecule has 0 unspecified atom stereocenters. The zero-order valence-electron chi connectivity index (χ0n) is 15.9. The van der Waals surface area contributed by atoms with Gasteiger partial charge in [0.05, 0.1) is 12.5 Å². The second-order valence-corrected chi connectivity index (χ2v) is 7.68. The minimum absolute atomic E-state index is 0.00824. The van der Waals surface area contributed by atoms with Crippen LogP contribution in [0.15, 0.2) is 41.3 Å². The second kappa shape index (κ2) is 7.02. The zero-order valence-corrected chi connectivity index (χ0v) is 15.9. The van der Waals surface area contributed by atoms with E-state index >= 15 is 0 Å². The highest BCUT2D eigenvalue weighted by molar-refractivity contribution is 5.85. The van der Waals surface area contributed by atoms with Crippen molar-refractivity contribution in [3.05, 3.63) is 48.2 Å². The van der Waals surface area contributed by atoms with Gasteiger partial charge < -0.3 is 18.8 Å². The van der Waals surface area contributed by atoms with Crippen molar-refractivity contribution in [2.24, 2.45) is 0 Å². The summed E-state index contributed by atoms with van der Waals surface area (Å²) >= 11 is 0. The average molecular weight is 357 g/mol. The number of nitrogens with zero attached hydrogens (tertiary/aromatic N) is 3. The summed E-state index contributed by atoms with van der Waals surface area (Å²) in [6.45, 7) is 9.15. The van der Waals surface area contributed by atoms with E-state index in [4.69, 9.17) is 4.42 Å². The van der Waals surface area contributed by atoms with E-state index in [1.54, 1.807) is 17.4 Å². The first-order chi connectivity index (χ1) is 12.3. The Bertz CT molecular complexity index is 771. The molecule has 0 aliphatic carbocycles. The smallest absolute Gasteiger partial charge is 0.243 e. The molecular formula is C20H27N3O3. The van der Waals surface area contributed by atoms with Crippen LogP contribution in [-0.4, -0.2) is 44.8 Å². The van der Waals surface area contributed by atoms with Crippen molar-refractivity contribution in [1.29, 1.82) is 0 Å². The maximum atomic E-state index is 13.2. The maximum Gasteiger partial charge on any atom is 0.243 e. The Morgan fingerprint density at radius 3 is 2.65 bits per heavy atom. The maximum absolute atomic E-state index is 13.2. The highest BCUT2D eigenvalue weighted by Gasteiger charge is 2.35. The van der Waals surface area contributed by atoms with Gasteiger partial charge in [-0.15, -0.1) is 0 Å². The molecule has 2 aromatic heterocycles. The normalized spacial score (nSPS) is 17.1. The molecule has 2 amide bonds. The van der Waals surface area contributed by atoms with Crippen LogP contribution in [0.3, 0.4) is 0 Å². The Morgan fingerprint density at radius 2 is 2.04 bits per heavy atom. The number of amides is 2. The number of carbonyl (C=O) groups is 2. The molecule has 140 valence electrons. The van der Waals surface area contributed by atoms with Gasteiger partial charge in [0.25, 0.3) is 0 Å². The van der Waals surface area contributed by atoms with Crippen LogP contribution in [0.25, 0.3) is 0 Å². The van der Waals surface area contributed by atoms with Gasteiger partial charge in [-0.1, -0.05) is 6.92 Å². The number of furan rings is 1. The Kier molecular flexibility index (Phi) is 4.94. The molecule has 0 fully saturated rings. The summed E-state index contributed by atoms with van der Waals surface area (Å²) in [5.41, 5.74) is 1.61. The van der Waals surface area contributed by atoms with Crippen LogP contribution in [0.1, 0.15) is 51.4 Å². The molecule has 6 heteroatoms. The third-order valence-electron chi connectivity index (χ3n) is 4.92. The average Bonchev–Trinajstić information content (AvgIpc) is 3.27. The fourth-order valence-corrected chi connectivity index (χ4v) is 3.55. The first-order valence-electron chi connectivity index (χ1n) is 9.10. The molecule has 1 aliphatic heterocycles. The van der Waals surface area contributed by atoms with Crippen LogP contribution in [-0.2, 0) is 16.1 Å². The van der Waals surface area contributed by atoms with E-state index in [0.717, 1.165) is 17.8 Å². The fourth-order valence-electron chi connectivity index (χ4n) is 3.55. The summed E-state index contributed by atoms with van der Waals surface area (Å²) < 4.78 is 7.43. The first-order valence-corrected chi connectivity index (χ1v) is 9.10. The van der Waals surface area contributed by atoms with Gasteiger partial charge in [-0.25, -0.2) is 0 Å². The van der Waals surface area contributed by atoms with Crippen LogP contribution < -0.4 is 0 Å². The molecule has 6 nitrogen and oxygen atoms in total. The van der Waals surface area contributed by atoms with Crippen molar-refractivity contribution in [2.75, 3.05) is 13.1 Å². The highest BCUT2D eigenvalue weighted by Crippen LogP contribution is 2.33. The summed E-state index contributed by atoms with van der Waals surface area (Å²) in [5.74, 6) is -0.0496. The molecule has 3 heterocycles. The van der Waals surface area contributed by atoms with E-state index in [9.17, 15) is 9.59 Å². The molecule has 2 aromatic rings. The highest BCUT2D eigenvalue weighted by atomic mass is 16.3. The number of hydrogen-bond acceptors (Lipinski definition) is 3. The number of rotatable bonds is 4. The summed E-state index contributed by atoms with van der Waals surface area (Å²) in [7, 11) is 0. The molecule has 26 heavy (non-hydrogen) atoms. The second-order valence-electron chi connectivity index (χ2n) is 7.68. The molecule has 0 radical (unpaired) electrons. The summed E-state index contributed by atoms with van der Waals surface area (Å²) in [5, 5.41) is 0. The Morgan fingerprint density at radius 1 is 1.27 bits per heavy atom. The molecule has 0 spiro atoms. The zero-order chi connectivity index (χ0) is 18.9. The van der Waals surface area contributed by atoms with Gasteiger partial charge in [-0.05, 0) is 39.0 Å². The predicted molar refractivity (Wildman–Crippen MR) is 98.5 cm³/mol. The summed E-state index contributed by atoms with van der Waals surface area (Å²) in [6.07, 6.45) is 5.74. The lowest BCUT2D eigenvalue weighted by atomic mass is 10.0. The molecule has 3 rings (SSSR count). The Balaban J connectivity index is 1.89. The lowest BCUT2D eigenvalue weighted by Gasteiger charge is -2.40. The largest absolute Gasteiger partial charge is 0.472 e. The molecule has 0 N–H and O–H groups in total. The molecule has 1 aliphatic rings. The standard InChI is InChI=1S/C20H27N3O3/c1-5-17(24)23(20(2,3)4)13-18(25)22-11-10-21-9-6-7-16(21)19(22)15-8-12-26-14-15/h6-9,12,14,19H,5,10-11,13H2,1-4H3/t19-/m1/s1. The van der Waals surface area contributed by atoms with E-state index in [1.807, 2.05) is 57.0 Å². The van der Waals surface area contributed by atoms with Crippen LogP contribution in [0.2, 0.25) is 0 Å². The molecule has 0 aromatic carbocycles. The molecule has 0 saturated heterocycles. The van der Waals surface area contributed by atoms with Crippen LogP contribution in [0, 0.1) is 0 Å². The van der Waals surface area contributed by atoms with Crippen molar-refractivity contribution < 1.29 is 14.0 Å². The molecule has 1 atom stereocenters. The van der Waals surface area contributed by atoms with Gasteiger partial charge >= 0.3 is 0 Å². The van der Waals surface area contributed by atoms with Crippen molar-refractivity contribution in [3.63, 3.8) is 0 Å². The first kappa shape index (κ1) is 18.3. The third-order valence-corrected chi connectivity index (χ3v) is 4.92. The van der Waals surface area contributed by atoms with Gasteiger partial charge in [0.2, 0.25) is 11.8 Å². The SMILES string of the molecule is CCC(=O)N(CC(=O)N1CCn2cccc2[C@H]1c1ccoc1)C(C)(C)C. The Hall–Kier alpha value is -2.50. The van der Waals surface area contributed by atoms with Crippen LogP contribution in [0.4, 0.5) is 0 Å². The van der Waals surface area contributed by atoms with E-state index in [2.05, 4.69) is 4.57 Å². The van der Waals surface area contributed by atoms with Gasteiger partial charge in [0, 0.05) is 42.5 Å². The van der Waals surface area contributed by atoms with Crippen LogP contribution in [0.5, 0.6) is 0 Å². The van der Waals surface area contributed by atoms with Gasteiger partial charge in [-0.2, -0.15) is 0 Å². The lowest BCUT2D eigenvalue weighted by molar-refractivity contribution is -0.146. The summed E-state index contributed by atoms with van der Waals surface area (Å²) in [6, 6.07) is 5.74. The lowest BCUT2D eigenvalue weighted by Crippen LogP contribution is -2.53. The number of fused-ring (bicyclic) bond motifs is 1. The summed E-state index contributed by atoms with van der Waals surface area (Å²) in [4.78, 5) is 29.1. The van der Waals surface area contributed by atoms with E-state index in [0.29, 0.717) is 13.0 Å². The predicted octanol–water partition coefficient (Wildman–Crippen LogP) is 3.05. The van der Waals surface area contributed by atoms with E-state index in [-0.39, 0.29) is 24.4 Å². The third kappa shape index (κ3) is 3.41. The monoisotopic (exact) mass is 357 g/mol. The molecule has 0 saturated carbocycles. The fraction of sp³-hybridized carbons (Fsp3) is 0.500. The van der Waals surface area contributed by atoms with Gasteiger partial charge in [0.15, 0.2) is 0 Å². The van der Waals surface area contributed by atoms with Crippen molar-refractivity contribution >= 4 is 11.8 Å². The van der Waals surface area contributed by atoms with Crippen LogP contribution >= 0.6 is 0 Å². The quantitative estimate of drug-likeness (QED) is 0.845. The Labute approximate surface area is 154 Å². The van der Waals surface area contributed by atoms with Crippen molar-refractivity contribution in [2.45, 2.75) is 52.2 Å². The van der Waals surface area contributed by atoms with E-state index in [1.165, 1.54) is 0 Å². The minimum Gasteiger partial charge on any atom is -0.472 e. The number of aromatic nitrogens is 1. The number of hydrogen-bond donors (Lipinski definition) is 0. The topological polar surface area (TPSA) is 58.7 Å². The molecular weight excluding hydrogens is 330 g/mol. The minimum atomic E-state index is -0.399. The van der Waals surface area contributed by atoms with Gasteiger partial charge in [-0.3, -0.25) is 9.59 Å². The van der Waals surface area contributed by atoms with Crippen molar-refractivity contribution in [1.82, 2.24) is 14.4 Å². The van der Waals surface area contributed by atoms with E-state index < -0.39 is 5.54 Å². The number of carbonyl (C=O) groups excluding carboxylic acids is 2.